The highest BCUT2D eigenvalue weighted by molar-refractivity contribution is 7.89. The van der Waals surface area contributed by atoms with Crippen molar-refractivity contribution >= 4 is 27.3 Å². The molecule has 0 fully saturated rings. The van der Waals surface area contributed by atoms with Crippen LogP contribution in [-0.2, 0) is 16.4 Å². The van der Waals surface area contributed by atoms with Gasteiger partial charge in [-0.25, -0.2) is 31.4 Å². The van der Waals surface area contributed by atoms with E-state index in [1.165, 1.54) is 12.1 Å². The molecule has 0 amide bonds. The third kappa shape index (κ3) is 4.88. The molecular formula is C17H13ClF3N4O3S-. The fraction of sp³-hybridized carbons (Fsp3) is 0.118. The van der Waals surface area contributed by atoms with Crippen LogP contribution in [0.15, 0.2) is 47.6 Å². The number of rotatable bonds is 6. The van der Waals surface area contributed by atoms with Crippen molar-refractivity contribution in [2.75, 3.05) is 5.32 Å². The van der Waals surface area contributed by atoms with E-state index >= 15 is 0 Å². The second kappa shape index (κ2) is 8.03. The Morgan fingerprint density at radius 1 is 1.21 bits per heavy atom. The van der Waals surface area contributed by atoms with Crippen molar-refractivity contribution in [3.8, 4) is 5.69 Å². The van der Waals surface area contributed by atoms with Crippen LogP contribution >= 0.6 is 11.6 Å². The molecule has 1 aromatic heterocycles. The summed E-state index contributed by atoms with van der Waals surface area (Å²) in [7, 11) is -4.24. The number of aromatic nitrogens is 2. The molecule has 1 heterocycles. The number of sulfonamides is 1. The van der Waals surface area contributed by atoms with E-state index in [4.69, 9.17) is 16.7 Å². The summed E-state index contributed by atoms with van der Waals surface area (Å²) in [6.07, 6.45) is -0.0391. The zero-order valence-electron chi connectivity index (χ0n) is 14.4. The molecule has 29 heavy (non-hydrogen) atoms. The Bertz CT molecular complexity index is 1170. The molecule has 0 aliphatic carbocycles. The van der Waals surface area contributed by atoms with Crippen LogP contribution in [0, 0.1) is 17.5 Å². The van der Waals surface area contributed by atoms with Gasteiger partial charge in [-0.05, 0) is 48.5 Å². The van der Waals surface area contributed by atoms with Gasteiger partial charge in [0.05, 0.1) is 18.1 Å². The molecule has 3 aromatic rings. The number of nitrogens with one attached hydrogen (secondary N) is 1. The number of nitrogens with zero attached hydrogens (tertiary/aromatic N) is 2. The molecule has 0 spiro atoms. The van der Waals surface area contributed by atoms with Gasteiger partial charge in [0.2, 0.25) is 10.0 Å². The molecule has 0 bridgehead atoms. The van der Waals surface area contributed by atoms with Crippen molar-refractivity contribution in [3.63, 3.8) is 0 Å². The molecule has 0 saturated carbocycles. The minimum absolute atomic E-state index is 0.0203. The second-order valence-electron chi connectivity index (χ2n) is 6.03. The first-order valence-corrected chi connectivity index (χ1v) is 9.90. The Kier molecular flexibility index (Phi) is 5.85. The summed E-state index contributed by atoms with van der Waals surface area (Å²) in [5, 5.41) is 23.6. The maximum Gasteiger partial charge on any atom is 0.240 e. The molecule has 0 saturated heterocycles. The molecule has 1 atom stereocenters. The lowest BCUT2D eigenvalue weighted by atomic mass is 10.1. The van der Waals surface area contributed by atoms with Crippen LogP contribution in [0.3, 0.4) is 0 Å². The van der Waals surface area contributed by atoms with Gasteiger partial charge in [-0.1, -0.05) is 11.6 Å². The van der Waals surface area contributed by atoms with Crippen LogP contribution in [0.4, 0.5) is 18.9 Å². The van der Waals surface area contributed by atoms with Gasteiger partial charge >= 0.3 is 0 Å². The van der Waals surface area contributed by atoms with Crippen LogP contribution in [-0.4, -0.2) is 24.4 Å². The lowest BCUT2D eigenvalue weighted by Crippen LogP contribution is -2.36. The minimum Gasteiger partial charge on any atom is -0.836 e. The van der Waals surface area contributed by atoms with Crippen LogP contribution in [0.25, 0.3) is 5.69 Å². The molecule has 3 rings (SSSR count). The van der Waals surface area contributed by atoms with Gasteiger partial charge in [-0.15, -0.1) is 0 Å². The van der Waals surface area contributed by atoms with Gasteiger partial charge in [-0.2, -0.15) is 5.10 Å². The van der Waals surface area contributed by atoms with E-state index < -0.39 is 38.6 Å². The van der Waals surface area contributed by atoms with E-state index in [1.54, 1.807) is 0 Å². The van der Waals surface area contributed by atoms with Crippen molar-refractivity contribution in [2.24, 2.45) is 5.14 Å². The molecule has 154 valence electrons. The summed E-state index contributed by atoms with van der Waals surface area (Å²) in [6.45, 7) is 0. The Morgan fingerprint density at radius 2 is 1.90 bits per heavy atom. The molecule has 0 aliphatic rings. The second-order valence-corrected chi connectivity index (χ2v) is 7.96. The van der Waals surface area contributed by atoms with E-state index in [2.05, 4.69) is 10.4 Å². The fourth-order valence-electron chi connectivity index (χ4n) is 2.61. The largest absolute Gasteiger partial charge is 0.836 e. The first-order valence-electron chi connectivity index (χ1n) is 7.98. The number of benzene rings is 2. The minimum atomic E-state index is -4.24. The summed E-state index contributed by atoms with van der Waals surface area (Å²) >= 11 is 5.81. The summed E-state index contributed by atoms with van der Waals surface area (Å²) in [6, 6.07) is 5.31. The topological polar surface area (TPSA) is 113 Å². The Hall–Kier alpha value is -2.60. The first kappa shape index (κ1) is 21.1. The molecule has 2 aromatic carbocycles. The van der Waals surface area contributed by atoms with Gasteiger partial charge in [0.15, 0.2) is 17.5 Å². The molecule has 0 radical (unpaired) electrons. The fourth-order valence-corrected chi connectivity index (χ4v) is 3.58. The molecule has 12 heteroatoms. The highest BCUT2D eigenvalue weighted by Crippen LogP contribution is 2.25. The third-order valence-corrected chi connectivity index (χ3v) is 5.18. The van der Waals surface area contributed by atoms with Crippen molar-refractivity contribution in [1.82, 2.24) is 9.78 Å². The van der Waals surface area contributed by atoms with E-state index in [0.29, 0.717) is 0 Å². The smallest absolute Gasteiger partial charge is 0.240 e. The number of primary sulfonamides is 1. The molecule has 3 N–H and O–H groups in total. The van der Waals surface area contributed by atoms with Gasteiger partial charge < -0.3 is 10.4 Å². The lowest BCUT2D eigenvalue weighted by molar-refractivity contribution is -0.409. The standard InChI is InChI=1S/C17H13ClF3N4O3S/c18-12-6-14(21)13(20)3-9(12)4-17(26)24-11-1-2-15(16(5-11)29(22,27)28)25-8-10(19)7-23-25/h1-3,5-8,17,24H,4H2,(H2,22,27,28)/q-1. The van der Waals surface area contributed by atoms with Crippen LogP contribution in [0.1, 0.15) is 5.56 Å². The SMILES string of the molecule is NS(=O)(=O)c1cc(NC([O-])Cc2cc(F)c(F)cc2Cl)ccc1-n1cc(F)cn1. The average molecular weight is 446 g/mol. The number of hydrogen-bond acceptors (Lipinski definition) is 5. The molecule has 7 nitrogen and oxygen atoms in total. The highest BCUT2D eigenvalue weighted by Gasteiger charge is 2.18. The number of nitrogens with two attached hydrogens (primary N) is 1. The van der Waals surface area contributed by atoms with Crippen molar-refractivity contribution in [1.29, 1.82) is 0 Å². The summed E-state index contributed by atoms with van der Waals surface area (Å²) in [5.74, 6) is -2.97. The van der Waals surface area contributed by atoms with Crippen LogP contribution in [0.5, 0.6) is 0 Å². The van der Waals surface area contributed by atoms with Crippen molar-refractivity contribution in [2.45, 2.75) is 17.5 Å². The predicted octanol–water partition coefficient (Wildman–Crippen LogP) is 1.93. The van der Waals surface area contributed by atoms with E-state index in [-0.39, 0.29) is 28.4 Å². The number of hydrogen-bond donors (Lipinski definition) is 2. The normalized spacial score (nSPS) is 12.8. The van der Waals surface area contributed by atoms with Gasteiger partial charge in [0, 0.05) is 10.7 Å². The zero-order valence-corrected chi connectivity index (χ0v) is 16.0. The zero-order chi connectivity index (χ0) is 21.3. The maximum absolute atomic E-state index is 13.4. The quantitative estimate of drug-likeness (QED) is 0.444. The van der Waals surface area contributed by atoms with Crippen molar-refractivity contribution < 1.29 is 26.7 Å². The Balaban J connectivity index is 1.87. The first-order chi connectivity index (χ1) is 13.5. The maximum atomic E-state index is 13.4. The summed E-state index contributed by atoms with van der Waals surface area (Å²) in [5.41, 5.74) is 0.144. The van der Waals surface area contributed by atoms with E-state index in [9.17, 15) is 26.7 Å². The van der Waals surface area contributed by atoms with Gasteiger partial charge in [0.25, 0.3) is 0 Å². The third-order valence-electron chi connectivity index (χ3n) is 3.89. The average Bonchev–Trinajstić information content (AvgIpc) is 3.05. The highest BCUT2D eigenvalue weighted by atomic mass is 35.5. The lowest BCUT2D eigenvalue weighted by Gasteiger charge is -2.26. The predicted molar refractivity (Wildman–Crippen MR) is 97.4 cm³/mol. The summed E-state index contributed by atoms with van der Waals surface area (Å²) < 4.78 is 64.5. The van der Waals surface area contributed by atoms with E-state index in [0.717, 1.165) is 35.3 Å². The Labute approximate surface area is 168 Å². The van der Waals surface area contributed by atoms with E-state index in [1.807, 2.05) is 0 Å². The number of halogens is 4. The van der Waals surface area contributed by atoms with Crippen LogP contribution in [0.2, 0.25) is 5.02 Å². The summed E-state index contributed by atoms with van der Waals surface area (Å²) in [4.78, 5) is -0.399. The molecule has 1 unspecified atom stereocenters. The number of anilines is 1. The monoisotopic (exact) mass is 445 g/mol. The molecular weight excluding hydrogens is 433 g/mol. The van der Waals surface area contributed by atoms with Gasteiger partial charge in [-0.3, -0.25) is 0 Å². The molecule has 0 aliphatic heterocycles. The Morgan fingerprint density at radius 3 is 2.52 bits per heavy atom. The van der Waals surface area contributed by atoms with Crippen LogP contribution < -0.4 is 15.6 Å². The van der Waals surface area contributed by atoms with Crippen molar-refractivity contribution in [3.05, 3.63) is 70.8 Å². The van der Waals surface area contributed by atoms with Gasteiger partial charge in [0.1, 0.15) is 4.90 Å².